The van der Waals surface area contributed by atoms with Crippen molar-refractivity contribution < 1.29 is 72.3 Å². The molecule has 0 aliphatic carbocycles. The van der Waals surface area contributed by atoms with Gasteiger partial charge in [0.2, 0.25) is 0 Å². The molecule has 0 aromatic rings. The van der Waals surface area contributed by atoms with E-state index in [9.17, 15) is 19.2 Å². The number of ether oxygens (including phenoxy) is 6. The molecule has 0 bridgehead atoms. The molecule has 0 spiro atoms. The summed E-state index contributed by atoms with van der Waals surface area (Å²) >= 11 is 0. The third-order valence-electron chi connectivity index (χ3n) is 11.5. The summed E-state index contributed by atoms with van der Waals surface area (Å²) in [5, 5.41) is 0. The summed E-state index contributed by atoms with van der Waals surface area (Å²) in [7, 11) is -17.0. The Balaban J connectivity index is -0.000000127. The maximum Gasteiger partial charge on any atom is 0.333 e. The Morgan fingerprint density at radius 2 is 0.670 bits per heavy atom. The summed E-state index contributed by atoms with van der Waals surface area (Å²) in [6.45, 7) is 63.6. The molecule has 0 saturated heterocycles. The summed E-state index contributed by atoms with van der Waals surface area (Å²) in [6.07, 6.45) is 9.68. The fourth-order valence-electron chi connectivity index (χ4n) is 8.29. The van der Waals surface area contributed by atoms with Crippen LogP contribution in [0.1, 0.15) is 159 Å². The first kappa shape index (κ1) is 110. The number of rotatable bonds is 44. The molecule has 0 aromatic heterocycles. The minimum Gasteiger partial charge on any atom is -0.462 e. The highest BCUT2D eigenvalue weighted by molar-refractivity contribution is 6.90. The summed E-state index contributed by atoms with van der Waals surface area (Å²) < 4.78 is 71.4. The molecule has 0 rings (SSSR count). The van der Waals surface area contributed by atoms with Crippen LogP contribution in [0, 0.1) is 0 Å². The lowest BCUT2D eigenvalue weighted by molar-refractivity contribution is -0.139. The Labute approximate surface area is 555 Å². The predicted molar refractivity (Wildman–Crippen MR) is 402 cm³/mol. The first-order chi connectivity index (χ1) is 36.7. The van der Waals surface area contributed by atoms with Gasteiger partial charge in [0.1, 0.15) is 0 Å². The standard InChI is InChI=1S/C28H58O8Si4.C23H48O7Si4.C5H10O.8CH4/c1-13-31-19-18-24-40(12,35-38(8,9)23-17-15-21-33-28(30)26(4)5)36-39(10,11)34-37(6,7)22-16-14-20-32-27(29)25(2)3;1-20(2)22(24)26-16-12-14-18-32(6,7)28-31(5)29-34(10,11)30-33(8,9)19-15-13-17-27-23(25)21(3)4;1-3-5-6-4-2;;;;;;;;/h2,4,13-24H2,1,3,5-12H3;31H,1,3,12-19H2,2,4-11H3;3H,1,4-5H2,2H3;8*1H4. The molecule has 0 amide bonds. The highest BCUT2D eigenvalue weighted by Crippen LogP contribution is 2.31. The second-order valence-corrected chi connectivity index (χ2v) is 54.7. The van der Waals surface area contributed by atoms with Crippen molar-refractivity contribution in [3.05, 3.63) is 61.3 Å². The van der Waals surface area contributed by atoms with Gasteiger partial charge in [0.25, 0.3) is 9.28 Å². The van der Waals surface area contributed by atoms with Gasteiger partial charge in [-0.1, -0.05) is 117 Å². The van der Waals surface area contributed by atoms with Crippen molar-refractivity contribution >= 4 is 92.1 Å². The topological polar surface area (TPSA) is 179 Å². The third-order valence-corrected chi connectivity index (χ3v) is 42.5. The van der Waals surface area contributed by atoms with Gasteiger partial charge in [-0.2, -0.15) is 0 Å². The maximum atomic E-state index is 11.6. The SMILES string of the molecule is C.C.C.C.C.C.C.C.C=C(C)C(=O)OCCCC[Si](C)(C)O[SiH](C)O[Si](C)(C)O[Si](C)(C)CCCCOC(=O)C(=C)C.C=C(C)C(=O)OCCCC[Si](C)(C)O[Si](C)(C)O[Si](C)(CCCOCC)O[Si](C)(C)CCCCOC(=O)C(=C)C.C=CCOCC. The first-order valence-electron chi connectivity index (χ1n) is 28.9. The predicted octanol–water partition coefficient (Wildman–Crippen LogP) is 19.5. The van der Waals surface area contributed by atoms with E-state index in [2.05, 4.69) is 125 Å². The molecule has 0 radical (unpaired) electrons. The van der Waals surface area contributed by atoms with Crippen molar-refractivity contribution in [2.45, 2.75) is 281 Å². The fraction of sp³-hybridized carbons (Fsp3) is 0.781. The number of unbranched alkanes of at least 4 members (excludes halogenated alkanes) is 4. The van der Waals surface area contributed by atoms with Crippen LogP contribution in [0.4, 0.5) is 0 Å². The average Bonchev–Trinajstić information content (AvgIpc) is 3.29. The van der Waals surface area contributed by atoms with E-state index in [4.69, 9.17) is 53.1 Å². The van der Waals surface area contributed by atoms with Gasteiger partial charge < -0.3 is 53.1 Å². The molecule has 0 fully saturated rings. The van der Waals surface area contributed by atoms with Crippen molar-refractivity contribution in [1.82, 2.24) is 0 Å². The van der Waals surface area contributed by atoms with Crippen LogP contribution in [-0.4, -0.2) is 145 Å². The van der Waals surface area contributed by atoms with E-state index in [0.717, 1.165) is 94.6 Å². The number of carbonyl (C=O) groups is 4. The van der Waals surface area contributed by atoms with Crippen LogP contribution in [0.2, 0.25) is 122 Å². The Morgan fingerprint density at radius 3 is 0.955 bits per heavy atom. The number of carbonyl (C=O) groups excluding carboxylic acids is 4. The molecular weight excluding hydrogens is 1250 g/mol. The summed E-state index contributed by atoms with van der Waals surface area (Å²) in [5.74, 6) is -1.32. The van der Waals surface area contributed by atoms with Crippen molar-refractivity contribution in [2.24, 2.45) is 0 Å². The van der Waals surface area contributed by atoms with Crippen LogP contribution in [-0.2, 0) is 72.3 Å². The van der Waals surface area contributed by atoms with E-state index < -0.39 is 68.2 Å². The van der Waals surface area contributed by atoms with E-state index in [0.29, 0.717) is 68.5 Å². The molecule has 532 valence electrons. The van der Waals surface area contributed by atoms with Gasteiger partial charge in [0.15, 0.2) is 33.3 Å². The lowest BCUT2D eigenvalue weighted by Crippen LogP contribution is -2.57. The smallest absolute Gasteiger partial charge is 0.333 e. The van der Waals surface area contributed by atoms with E-state index in [1.165, 1.54) is 0 Å². The molecule has 0 aromatic carbocycles. The van der Waals surface area contributed by atoms with Gasteiger partial charge in [0.05, 0.1) is 33.0 Å². The van der Waals surface area contributed by atoms with Crippen LogP contribution in [0.25, 0.3) is 0 Å². The van der Waals surface area contributed by atoms with E-state index >= 15 is 0 Å². The largest absolute Gasteiger partial charge is 0.462 e. The first-order valence-corrected chi connectivity index (χ1v) is 51.7. The highest BCUT2D eigenvalue weighted by atomic mass is 28.5. The van der Waals surface area contributed by atoms with Crippen molar-refractivity contribution in [3.8, 4) is 0 Å². The molecule has 0 N–H and O–H groups in total. The molecule has 16 nitrogen and oxygen atoms in total. The molecule has 0 heterocycles. The van der Waals surface area contributed by atoms with Crippen LogP contribution in [0.3, 0.4) is 0 Å². The minimum atomic E-state index is -2.56. The zero-order valence-electron chi connectivity index (χ0n) is 54.3. The van der Waals surface area contributed by atoms with Gasteiger partial charge >= 0.3 is 49.6 Å². The zero-order valence-corrected chi connectivity index (χ0v) is 62.4. The van der Waals surface area contributed by atoms with Crippen LogP contribution >= 0.6 is 0 Å². The molecule has 2 unspecified atom stereocenters. The second-order valence-electron chi connectivity index (χ2n) is 23.9. The second kappa shape index (κ2) is 57.6. The van der Waals surface area contributed by atoms with E-state index in [-0.39, 0.29) is 83.3 Å². The van der Waals surface area contributed by atoms with Gasteiger partial charge in [-0.3, -0.25) is 0 Å². The Kier molecular flexibility index (Phi) is 72.4. The van der Waals surface area contributed by atoms with Crippen LogP contribution in [0.15, 0.2) is 61.3 Å². The normalized spacial score (nSPS) is 12.0. The fourth-order valence-corrected chi connectivity index (χ4v) is 44.6. The van der Waals surface area contributed by atoms with Crippen LogP contribution in [0.5, 0.6) is 0 Å². The molecular formula is C64H148O16Si8. The molecule has 0 saturated carbocycles. The lowest BCUT2D eigenvalue weighted by Gasteiger charge is -2.42. The minimum absolute atomic E-state index is 0. The number of esters is 4. The summed E-state index contributed by atoms with van der Waals surface area (Å²) in [6, 6.07) is 4.78. The Bertz CT molecular complexity index is 1860. The van der Waals surface area contributed by atoms with Crippen molar-refractivity contribution in [2.75, 3.05) is 52.9 Å². The number of hydrogen-bond acceptors (Lipinski definition) is 16. The van der Waals surface area contributed by atoms with E-state index in [1.54, 1.807) is 33.8 Å². The molecule has 24 heteroatoms. The average molecular weight is 1400 g/mol. The van der Waals surface area contributed by atoms with Crippen molar-refractivity contribution in [1.29, 1.82) is 0 Å². The maximum absolute atomic E-state index is 11.6. The lowest BCUT2D eigenvalue weighted by atomic mass is 10.3. The molecule has 2 atom stereocenters. The van der Waals surface area contributed by atoms with E-state index in [1.807, 2.05) is 13.8 Å². The molecule has 0 aliphatic rings. The highest BCUT2D eigenvalue weighted by Gasteiger charge is 2.46. The Hall–Kier alpha value is -2.00. The van der Waals surface area contributed by atoms with Gasteiger partial charge in [-0.05, 0) is 196 Å². The molecule has 88 heavy (non-hydrogen) atoms. The molecule has 0 aliphatic heterocycles. The monoisotopic (exact) mass is 1400 g/mol. The third kappa shape index (κ3) is 65.5. The van der Waals surface area contributed by atoms with Crippen LogP contribution < -0.4 is 0 Å². The van der Waals surface area contributed by atoms with Crippen molar-refractivity contribution in [3.63, 3.8) is 0 Å². The Morgan fingerprint density at radius 1 is 0.375 bits per heavy atom. The van der Waals surface area contributed by atoms with Gasteiger partial charge in [-0.15, -0.1) is 6.58 Å². The zero-order chi connectivity index (χ0) is 62.4. The van der Waals surface area contributed by atoms with Gasteiger partial charge in [-0.25, -0.2) is 19.2 Å². The summed E-state index contributed by atoms with van der Waals surface area (Å²) in [5.41, 5.74) is 1.71. The summed E-state index contributed by atoms with van der Waals surface area (Å²) in [4.78, 5) is 46.1. The number of hydrogen-bond donors (Lipinski definition) is 0. The van der Waals surface area contributed by atoms with Gasteiger partial charge in [0, 0.05) is 42.1 Å². The quantitative estimate of drug-likeness (QED) is 0.0140.